The number of benzene rings is 1. The molecule has 7 nitrogen and oxygen atoms in total. The largest absolute Gasteiger partial charge is 0.368 e. The van der Waals surface area contributed by atoms with Gasteiger partial charge in [-0.15, -0.1) is 0 Å². The van der Waals surface area contributed by atoms with Crippen LogP contribution in [0.2, 0.25) is 0 Å². The van der Waals surface area contributed by atoms with Gasteiger partial charge < -0.3 is 14.7 Å². The van der Waals surface area contributed by atoms with Crippen LogP contribution in [-0.4, -0.2) is 55.0 Å². The van der Waals surface area contributed by atoms with Crippen molar-refractivity contribution in [3.8, 4) is 0 Å². The lowest BCUT2D eigenvalue weighted by Gasteiger charge is -2.37. The van der Waals surface area contributed by atoms with Gasteiger partial charge in [0.15, 0.2) is 0 Å². The van der Waals surface area contributed by atoms with Gasteiger partial charge in [0.1, 0.15) is 5.69 Å². The lowest BCUT2D eigenvalue weighted by atomic mass is 10.1. The summed E-state index contributed by atoms with van der Waals surface area (Å²) < 4.78 is 0. The maximum atomic E-state index is 12.3. The highest BCUT2D eigenvalue weighted by Gasteiger charge is 2.25. The van der Waals surface area contributed by atoms with Crippen LogP contribution in [0.1, 0.15) is 39.5 Å². The number of hydrogen-bond acceptors (Lipinski definition) is 5. The zero-order valence-electron chi connectivity index (χ0n) is 16.4. The zero-order chi connectivity index (χ0) is 19.4. The molecule has 0 atom stereocenters. The monoisotopic (exact) mass is 374 g/mol. The lowest BCUT2D eigenvalue weighted by molar-refractivity contribution is -0.384. The standard InChI is InChI=1S/C20H30N4O3/c1-16(2)14-20(25)23-12-10-21(11-13-23)17-6-7-18(24(26)27)19(15-17)22-8-4-3-5-9-22/h6-7,15-16H,3-5,8-14H2,1-2H3. The third-order valence-electron chi connectivity index (χ3n) is 5.43. The molecule has 2 heterocycles. The van der Waals surface area contributed by atoms with Crippen molar-refractivity contribution in [2.45, 2.75) is 39.5 Å². The van der Waals surface area contributed by atoms with Crippen molar-refractivity contribution >= 4 is 23.0 Å². The molecule has 0 bridgehead atoms. The Balaban J connectivity index is 1.72. The summed E-state index contributed by atoms with van der Waals surface area (Å²) in [7, 11) is 0. The maximum absolute atomic E-state index is 12.3. The molecule has 7 heteroatoms. The molecule has 27 heavy (non-hydrogen) atoms. The van der Waals surface area contributed by atoms with Crippen LogP contribution >= 0.6 is 0 Å². The van der Waals surface area contributed by atoms with Gasteiger partial charge in [0.2, 0.25) is 5.91 Å². The number of hydrogen-bond donors (Lipinski definition) is 0. The second kappa shape index (κ2) is 8.59. The Bertz CT molecular complexity index is 678. The summed E-state index contributed by atoms with van der Waals surface area (Å²) >= 11 is 0. The summed E-state index contributed by atoms with van der Waals surface area (Å²) in [6.07, 6.45) is 3.95. The van der Waals surface area contributed by atoms with Gasteiger partial charge in [-0.05, 0) is 37.3 Å². The van der Waals surface area contributed by atoms with Crippen molar-refractivity contribution in [1.82, 2.24) is 4.90 Å². The van der Waals surface area contributed by atoms with Crippen molar-refractivity contribution in [3.63, 3.8) is 0 Å². The van der Waals surface area contributed by atoms with E-state index in [4.69, 9.17) is 0 Å². The van der Waals surface area contributed by atoms with Crippen molar-refractivity contribution in [3.05, 3.63) is 28.3 Å². The topological polar surface area (TPSA) is 69.9 Å². The SMILES string of the molecule is CC(C)CC(=O)N1CCN(c2ccc([N+](=O)[O-])c(N3CCCCC3)c2)CC1. The minimum absolute atomic E-state index is 0.186. The summed E-state index contributed by atoms with van der Waals surface area (Å²) in [5.41, 5.74) is 1.93. The van der Waals surface area contributed by atoms with Crippen LogP contribution < -0.4 is 9.80 Å². The van der Waals surface area contributed by atoms with Gasteiger partial charge in [0.05, 0.1) is 4.92 Å². The molecule has 2 aliphatic rings. The molecule has 0 N–H and O–H groups in total. The van der Waals surface area contributed by atoms with E-state index in [0.717, 1.165) is 50.4 Å². The molecule has 2 aliphatic heterocycles. The number of carbonyl (C=O) groups is 1. The Kier molecular flexibility index (Phi) is 6.19. The van der Waals surface area contributed by atoms with Gasteiger partial charge in [-0.3, -0.25) is 14.9 Å². The first-order valence-corrected chi connectivity index (χ1v) is 10.0. The third-order valence-corrected chi connectivity index (χ3v) is 5.43. The molecule has 0 radical (unpaired) electrons. The Morgan fingerprint density at radius 1 is 1.04 bits per heavy atom. The van der Waals surface area contributed by atoms with Crippen LogP contribution in [0.15, 0.2) is 18.2 Å². The summed E-state index contributed by atoms with van der Waals surface area (Å²) in [6, 6.07) is 5.45. The van der Waals surface area contributed by atoms with E-state index in [2.05, 4.69) is 23.6 Å². The van der Waals surface area contributed by atoms with E-state index in [1.54, 1.807) is 6.07 Å². The van der Waals surface area contributed by atoms with Crippen LogP contribution in [0.5, 0.6) is 0 Å². The number of nitro groups is 1. The van der Waals surface area contributed by atoms with Crippen molar-refractivity contribution < 1.29 is 9.72 Å². The van der Waals surface area contributed by atoms with E-state index in [1.807, 2.05) is 17.0 Å². The van der Waals surface area contributed by atoms with Gasteiger partial charge in [0.25, 0.3) is 5.69 Å². The predicted molar refractivity (Wildman–Crippen MR) is 107 cm³/mol. The molecule has 148 valence electrons. The average molecular weight is 374 g/mol. The molecule has 0 saturated carbocycles. The number of piperidine rings is 1. The first-order valence-electron chi connectivity index (χ1n) is 10.0. The molecule has 2 saturated heterocycles. The highest BCUT2D eigenvalue weighted by Crippen LogP contribution is 2.34. The normalized spacial score (nSPS) is 18.1. The maximum Gasteiger partial charge on any atom is 0.292 e. The van der Waals surface area contributed by atoms with E-state index in [0.29, 0.717) is 25.4 Å². The number of piperazine rings is 1. The first-order chi connectivity index (χ1) is 13.0. The van der Waals surface area contributed by atoms with Crippen LogP contribution in [0.25, 0.3) is 0 Å². The van der Waals surface area contributed by atoms with Gasteiger partial charge in [0, 0.05) is 57.4 Å². The average Bonchev–Trinajstić information content (AvgIpc) is 2.67. The fraction of sp³-hybridized carbons (Fsp3) is 0.650. The minimum Gasteiger partial charge on any atom is -0.368 e. The van der Waals surface area contributed by atoms with Gasteiger partial charge >= 0.3 is 0 Å². The molecular formula is C20H30N4O3. The summed E-state index contributed by atoms with van der Waals surface area (Å²) in [5.74, 6) is 0.597. The molecule has 0 unspecified atom stereocenters. The highest BCUT2D eigenvalue weighted by atomic mass is 16.6. The fourth-order valence-electron chi connectivity index (χ4n) is 3.94. The number of nitrogens with zero attached hydrogens (tertiary/aromatic N) is 4. The molecule has 1 aromatic rings. The van der Waals surface area contributed by atoms with Gasteiger partial charge in [-0.2, -0.15) is 0 Å². The summed E-state index contributed by atoms with van der Waals surface area (Å²) in [6.45, 7) is 8.83. The molecule has 3 rings (SSSR count). The number of amides is 1. The van der Waals surface area contributed by atoms with Crippen LogP contribution in [0.3, 0.4) is 0 Å². The van der Waals surface area contributed by atoms with Gasteiger partial charge in [-0.25, -0.2) is 0 Å². The molecular weight excluding hydrogens is 344 g/mol. The van der Waals surface area contributed by atoms with Crippen molar-refractivity contribution in [2.75, 3.05) is 49.1 Å². The summed E-state index contributed by atoms with van der Waals surface area (Å²) in [4.78, 5) is 29.8. The van der Waals surface area contributed by atoms with E-state index in [1.165, 1.54) is 6.42 Å². The second-order valence-corrected chi connectivity index (χ2v) is 7.94. The minimum atomic E-state index is -0.282. The van der Waals surface area contributed by atoms with Crippen molar-refractivity contribution in [1.29, 1.82) is 0 Å². The molecule has 2 fully saturated rings. The van der Waals surface area contributed by atoms with Crippen LogP contribution in [0.4, 0.5) is 17.1 Å². The number of rotatable bonds is 5. The Hall–Kier alpha value is -2.31. The smallest absolute Gasteiger partial charge is 0.292 e. The quantitative estimate of drug-likeness (QED) is 0.584. The molecule has 0 aliphatic carbocycles. The number of anilines is 2. The molecule has 0 aromatic heterocycles. The Morgan fingerprint density at radius 3 is 2.30 bits per heavy atom. The van der Waals surface area contributed by atoms with Crippen LogP contribution in [-0.2, 0) is 4.79 Å². The lowest BCUT2D eigenvalue weighted by Crippen LogP contribution is -2.49. The van der Waals surface area contributed by atoms with E-state index in [-0.39, 0.29) is 16.5 Å². The van der Waals surface area contributed by atoms with Crippen molar-refractivity contribution in [2.24, 2.45) is 5.92 Å². The van der Waals surface area contributed by atoms with E-state index in [9.17, 15) is 14.9 Å². The predicted octanol–water partition coefficient (Wildman–Crippen LogP) is 3.28. The van der Waals surface area contributed by atoms with Crippen LogP contribution in [0, 0.1) is 16.0 Å². The zero-order valence-corrected chi connectivity index (χ0v) is 16.4. The third kappa shape index (κ3) is 4.70. The number of nitro benzene ring substituents is 1. The molecule has 1 amide bonds. The second-order valence-electron chi connectivity index (χ2n) is 7.94. The van der Waals surface area contributed by atoms with E-state index >= 15 is 0 Å². The highest BCUT2D eigenvalue weighted by molar-refractivity contribution is 5.77. The van der Waals surface area contributed by atoms with Gasteiger partial charge in [-0.1, -0.05) is 13.8 Å². The summed E-state index contributed by atoms with van der Waals surface area (Å²) in [5, 5.41) is 11.5. The Morgan fingerprint density at radius 2 is 1.70 bits per heavy atom. The molecule has 0 spiro atoms. The fourth-order valence-corrected chi connectivity index (χ4v) is 3.94. The Labute approximate surface area is 161 Å². The number of carbonyl (C=O) groups excluding carboxylic acids is 1. The first kappa shape index (κ1) is 19.5. The van der Waals surface area contributed by atoms with E-state index < -0.39 is 0 Å². The molecule has 1 aromatic carbocycles.